The zero-order chi connectivity index (χ0) is 30.7. The lowest BCUT2D eigenvalue weighted by atomic mass is 9.58. The predicted molar refractivity (Wildman–Crippen MR) is 156 cm³/mol. The van der Waals surface area contributed by atoms with E-state index in [0.717, 1.165) is 28.8 Å². The van der Waals surface area contributed by atoms with Crippen LogP contribution >= 0.6 is 0 Å². The molecule has 3 aliphatic carbocycles. The van der Waals surface area contributed by atoms with Gasteiger partial charge in [0.05, 0.1) is 25.8 Å². The normalized spacial score (nSPS) is 25.4. The van der Waals surface area contributed by atoms with Gasteiger partial charge in [0.2, 0.25) is 0 Å². The summed E-state index contributed by atoms with van der Waals surface area (Å²) in [5.41, 5.74) is 6.80. The van der Waals surface area contributed by atoms with Gasteiger partial charge in [-0.1, -0.05) is 24.3 Å². The molecule has 222 valence electrons. The number of likely N-dealkylation sites (N-methyl/N-ethyl adjacent to an activating group) is 1. The molecule has 0 heterocycles. The molecule has 0 aromatic heterocycles. The molecule has 2 aromatic rings. The Labute approximate surface area is 245 Å². The zero-order valence-electron chi connectivity index (χ0n) is 24.7. The number of rotatable bonds is 7. The molecule has 10 heteroatoms. The van der Waals surface area contributed by atoms with Gasteiger partial charge in [0.1, 0.15) is 22.8 Å². The minimum atomic E-state index is -2.31. The Morgan fingerprint density at radius 3 is 2.40 bits per heavy atom. The van der Waals surface area contributed by atoms with E-state index in [9.17, 15) is 24.6 Å². The van der Waals surface area contributed by atoms with Crippen molar-refractivity contribution in [3.05, 3.63) is 75.8 Å². The Morgan fingerprint density at radius 2 is 1.81 bits per heavy atom. The number of Topliss-reactive ketones (excluding diaryl/α,β-unsaturated/α-hetero) is 2. The first-order valence-corrected chi connectivity index (χ1v) is 13.8. The van der Waals surface area contributed by atoms with Crippen LogP contribution in [0, 0.1) is 11.8 Å². The highest BCUT2D eigenvalue weighted by molar-refractivity contribution is 6.22. The molecule has 10 nitrogen and oxygen atoms in total. The van der Waals surface area contributed by atoms with Crippen molar-refractivity contribution >= 4 is 17.5 Å². The van der Waals surface area contributed by atoms with Gasteiger partial charge < -0.3 is 30.3 Å². The number of aliphatic hydroxyl groups is 2. The van der Waals surface area contributed by atoms with Gasteiger partial charge in [0, 0.05) is 18.0 Å². The molecule has 0 radical (unpaired) electrons. The average Bonchev–Trinajstić information content (AvgIpc) is 2.92. The van der Waals surface area contributed by atoms with Crippen LogP contribution in [0.2, 0.25) is 0 Å². The number of ketones is 2. The van der Waals surface area contributed by atoms with Gasteiger partial charge in [-0.15, -0.1) is 0 Å². The second-order valence-corrected chi connectivity index (χ2v) is 11.8. The predicted octanol–water partition coefficient (Wildman–Crippen LogP) is 2.24. The number of carbonyl (C=O) groups excluding carboxylic acids is 3. The number of carbonyl (C=O) groups is 3. The highest BCUT2D eigenvalue weighted by Gasteiger charge is 2.63. The number of fused-ring (bicyclic) bond motifs is 3. The first-order chi connectivity index (χ1) is 19.9. The second kappa shape index (κ2) is 10.7. The molecule has 4 N–H and O–H groups in total. The largest absolute Gasteiger partial charge is 0.508 e. The van der Waals surface area contributed by atoms with E-state index in [-0.39, 0.29) is 17.8 Å². The standard InChI is InChI=1S/C32H37N3O7/c1-34(2)15-16-8-7-9-17(12-16)19-10-11-22(41-5)24-20(19)13-18-14-21-26(35(3)4)28(37)25(31(33)39)29(38)32(21,40)30(42-6)23(18)27(24)36/h7-12,18,21,26,38,40H,13-15H2,1-6H3,(H2,33,39)/t18-,21-,26-,32+/m0/s1. The fourth-order valence-electron chi connectivity index (χ4n) is 7.12. The SMILES string of the molecule is COC1=C2C(=O)c3c(OC)ccc(-c4cccc(CN(C)C)c4)c3C[C@H]2C[C@H]2[C@H](N(C)C)C(=O)C(C(N)=O)=C(O)[C@@]12O. The number of hydrogen-bond acceptors (Lipinski definition) is 9. The summed E-state index contributed by atoms with van der Waals surface area (Å²) in [4.78, 5) is 43.9. The molecule has 0 unspecified atom stereocenters. The van der Waals surface area contributed by atoms with Gasteiger partial charge in [-0.05, 0) is 81.3 Å². The van der Waals surface area contributed by atoms with Crippen molar-refractivity contribution in [3.63, 3.8) is 0 Å². The lowest BCUT2D eigenvalue weighted by molar-refractivity contribution is -0.137. The third-order valence-corrected chi connectivity index (χ3v) is 8.73. The van der Waals surface area contributed by atoms with Crippen LogP contribution in [0.3, 0.4) is 0 Å². The highest BCUT2D eigenvalue weighted by atomic mass is 16.5. The Morgan fingerprint density at radius 1 is 1.10 bits per heavy atom. The molecule has 4 atom stereocenters. The van der Waals surface area contributed by atoms with Crippen molar-refractivity contribution < 1.29 is 34.1 Å². The number of ether oxygens (including phenoxy) is 2. The summed E-state index contributed by atoms with van der Waals surface area (Å²) in [6.07, 6.45) is 0.577. The monoisotopic (exact) mass is 575 g/mol. The van der Waals surface area contributed by atoms with Gasteiger partial charge >= 0.3 is 0 Å². The summed E-state index contributed by atoms with van der Waals surface area (Å²) >= 11 is 0. The minimum Gasteiger partial charge on any atom is -0.508 e. The van der Waals surface area contributed by atoms with Gasteiger partial charge in [0.15, 0.2) is 17.2 Å². The van der Waals surface area contributed by atoms with Crippen LogP contribution in [-0.4, -0.2) is 91.5 Å². The van der Waals surface area contributed by atoms with E-state index in [1.165, 1.54) is 14.2 Å². The van der Waals surface area contributed by atoms with E-state index < -0.39 is 52.3 Å². The topological polar surface area (TPSA) is 143 Å². The third-order valence-electron chi connectivity index (χ3n) is 8.73. The van der Waals surface area contributed by atoms with E-state index in [4.69, 9.17) is 15.2 Å². The minimum absolute atomic E-state index is 0.173. The molecule has 42 heavy (non-hydrogen) atoms. The number of amides is 1. The molecule has 0 fully saturated rings. The number of nitrogens with zero attached hydrogens (tertiary/aromatic N) is 2. The van der Waals surface area contributed by atoms with Crippen molar-refractivity contribution in [3.8, 4) is 16.9 Å². The van der Waals surface area contributed by atoms with E-state index in [1.54, 1.807) is 25.1 Å². The number of hydrogen-bond donors (Lipinski definition) is 3. The Hall–Kier alpha value is -3.99. The van der Waals surface area contributed by atoms with Gasteiger partial charge in [0.25, 0.3) is 5.91 Å². The van der Waals surface area contributed by atoms with Crippen LogP contribution in [-0.2, 0) is 27.3 Å². The van der Waals surface area contributed by atoms with Crippen molar-refractivity contribution in [2.45, 2.75) is 31.0 Å². The molecular weight excluding hydrogens is 538 g/mol. The summed E-state index contributed by atoms with van der Waals surface area (Å²) in [6.45, 7) is 0.752. The van der Waals surface area contributed by atoms with Gasteiger partial charge in [-0.2, -0.15) is 0 Å². The number of methoxy groups -OCH3 is 2. The number of allylic oxidation sites excluding steroid dienone is 1. The summed E-state index contributed by atoms with van der Waals surface area (Å²) in [5, 5.41) is 23.4. The van der Waals surface area contributed by atoms with Crippen molar-refractivity contribution in [2.75, 3.05) is 42.4 Å². The lowest BCUT2D eigenvalue weighted by Gasteiger charge is -2.51. The Bertz CT molecular complexity index is 1560. The maximum absolute atomic E-state index is 14.4. The van der Waals surface area contributed by atoms with Crippen LogP contribution in [0.4, 0.5) is 0 Å². The summed E-state index contributed by atoms with van der Waals surface area (Å²) < 4.78 is 11.3. The molecule has 0 saturated heterocycles. The molecule has 1 amide bonds. The van der Waals surface area contributed by atoms with Crippen molar-refractivity contribution in [2.24, 2.45) is 17.6 Å². The molecule has 0 saturated carbocycles. The van der Waals surface area contributed by atoms with Crippen LogP contribution in [0.25, 0.3) is 11.1 Å². The average molecular weight is 576 g/mol. The number of primary amides is 1. The number of nitrogens with two attached hydrogens (primary N) is 1. The Balaban J connectivity index is 1.75. The maximum Gasteiger partial charge on any atom is 0.255 e. The van der Waals surface area contributed by atoms with E-state index in [2.05, 4.69) is 17.0 Å². The molecule has 0 bridgehead atoms. The van der Waals surface area contributed by atoms with Crippen LogP contribution in [0.5, 0.6) is 5.75 Å². The molecule has 5 rings (SSSR count). The number of aliphatic hydroxyl groups excluding tert-OH is 1. The fraction of sp³-hybridized carbons (Fsp3) is 0.406. The van der Waals surface area contributed by atoms with E-state index >= 15 is 0 Å². The highest BCUT2D eigenvalue weighted by Crippen LogP contribution is 2.54. The van der Waals surface area contributed by atoms with Crippen LogP contribution in [0.1, 0.15) is 27.9 Å². The maximum atomic E-state index is 14.4. The smallest absolute Gasteiger partial charge is 0.255 e. The van der Waals surface area contributed by atoms with Crippen LogP contribution < -0.4 is 10.5 Å². The second-order valence-electron chi connectivity index (χ2n) is 11.8. The van der Waals surface area contributed by atoms with Crippen molar-refractivity contribution in [1.29, 1.82) is 0 Å². The fourth-order valence-corrected chi connectivity index (χ4v) is 7.12. The summed E-state index contributed by atoms with van der Waals surface area (Å²) in [7, 11) is 10.1. The molecule has 3 aliphatic rings. The quantitative estimate of drug-likeness (QED) is 0.424. The van der Waals surface area contributed by atoms with Gasteiger partial charge in [-0.3, -0.25) is 19.3 Å². The molecule has 0 spiro atoms. The summed E-state index contributed by atoms with van der Waals surface area (Å²) in [5.74, 6) is -4.31. The molecular formula is C32H37N3O7. The van der Waals surface area contributed by atoms with E-state index in [1.807, 2.05) is 32.3 Å². The lowest BCUT2D eigenvalue weighted by Crippen LogP contribution is -2.63. The van der Waals surface area contributed by atoms with Gasteiger partial charge in [-0.25, -0.2) is 0 Å². The van der Waals surface area contributed by atoms with Crippen molar-refractivity contribution in [1.82, 2.24) is 9.80 Å². The van der Waals surface area contributed by atoms with E-state index in [0.29, 0.717) is 17.7 Å². The molecule has 2 aromatic carbocycles. The third kappa shape index (κ3) is 4.33. The number of benzene rings is 2. The summed E-state index contributed by atoms with van der Waals surface area (Å²) in [6, 6.07) is 10.9. The van der Waals surface area contributed by atoms with Crippen LogP contribution in [0.15, 0.2) is 59.1 Å². The first kappa shape index (κ1) is 29.5. The zero-order valence-corrected chi connectivity index (χ0v) is 24.7. The first-order valence-electron chi connectivity index (χ1n) is 13.8. The molecule has 0 aliphatic heterocycles. The Kier molecular flexibility index (Phi) is 7.51.